The Morgan fingerprint density at radius 3 is 2.27 bits per heavy atom. The maximum absolute atomic E-state index is 11.0. The van der Waals surface area contributed by atoms with Gasteiger partial charge in [0.25, 0.3) is 0 Å². The minimum Gasteiger partial charge on any atom is -0.465 e. The molecule has 5 nitrogen and oxygen atoms in total. The molecule has 22 heavy (non-hydrogen) atoms. The average molecular weight is 325 g/mol. The highest BCUT2D eigenvalue weighted by atomic mass is 28.4. The highest BCUT2D eigenvalue weighted by Gasteiger charge is 2.38. The first kappa shape index (κ1) is 18.7. The second kappa shape index (κ2) is 7.26. The third kappa shape index (κ3) is 5.12. The Morgan fingerprint density at radius 2 is 1.82 bits per heavy atom. The van der Waals surface area contributed by atoms with Crippen LogP contribution in [0.1, 0.15) is 32.4 Å². The van der Waals surface area contributed by atoms with E-state index in [9.17, 15) is 9.90 Å². The molecule has 0 bridgehead atoms. The summed E-state index contributed by atoms with van der Waals surface area (Å²) in [6.07, 6.45) is -2.10. The van der Waals surface area contributed by atoms with E-state index in [4.69, 9.17) is 9.53 Å². The number of nitrogens with one attached hydrogen (secondary N) is 1. The number of hydrogen-bond donors (Lipinski definition) is 3. The van der Waals surface area contributed by atoms with Gasteiger partial charge in [-0.1, -0.05) is 51.1 Å². The van der Waals surface area contributed by atoms with E-state index in [0.29, 0.717) is 0 Å². The second-order valence-corrected chi connectivity index (χ2v) is 11.8. The number of benzene rings is 1. The Kier molecular flexibility index (Phi) is 6.16. The van der Waals surface area contributed by atoms with Gasteiger partial charge >= 0.3 is 6.09 Å². The molecular weight excluding hydrogens is 298 g/mol. The number of aliphatic hydroxyl groups excluding tert-OH is 1. The molecule has 0 unspecified atom stereocenters. The van der Waals surface area contributed by atoms with Crippen molar-refractivity contribution < 1.29 is 19.4 Å². The summed E-state index contributed by atoms with van der Waals surface area (Å²) in [5.41, 5.74) is 0.719. The van der Waals surface area contributed by atoms with Gasteiger partial charge in [0.15, 0.2) is 8.32 Å². The van der Waals surface area contributed by atoms with E-state index in [1.54, 1.807) is 12.1 Å². The maximum Gasteiger partial charge on any atom is 0.405 e. The third-order valence-corrected chi connectivity index (χ3v) is 8.74. The van der Waals surface area contributed by atoms with Crippen molar-refractivity contribution in [3.63, 3.8) is 0 Å². The second-order valence-electron chi connectivity index (χ2n) is 6.98. The standard InChI is InChI=1S/C16H27NO4Si/c1-16(2,3)22(4,5)21-11-13(18)14(17-15(19)20)12-9-7-6-8-10-12/h6-10,13-14,17-18H,11H2,1-5H3,(H,19,20)/t13-,14+/m0/s1. The van der Waals surface area contributed by atoms with Gasteiger partial charge in [0.05, 0.1) is 12.6 Å². The summed E-state index contributed by atoms with van der Waals surface area (Å²) < 4.78 is 6.00. The predicted octanol–water partition coefficient (Wildman–Crippen LogP) is 3.38. The van der Waals surface area contributed by atoms with Crippen molar-refractivity contribution in [2.45, 2.75) is 51.0 Å². The number of amides is 1. The van der Waals surface area contributed by atoms with Crippen LogP contribution in [0.4, 0.5) is 4.79 Å². The summed E-state index contributed by atoms with van der Waals surface area (Å²) in [4.78, 5) is 11.0. The quantitative estimate of drug-likeness (QED) is 0.701. The van der Waals surface area contributed by atoms with Gasteiger partial charge in [0.2, 0.25) is 0 Å². The Labute approximate surface area is 133 Å². The minimum atomic E-state index is -1.99. The smallest absolute Gasteiger partial charge is 0.405 e. The SMILES string of the molecule is CC(C)(C)[Si](C)(C)OC[C@H](O)[C@H](NC(=O)O)c1ccccc1. The molecule has 0 spiro atoms. The van der Waals surface area contributed by atoms with Crippen LogP contribution in [0.2, 0.25) is 18.1 Å². The molecule has 0 aromatic heterocycles. The average Bonchev–Trinajstić information content (AvgIpc) is 2.42. The van der Waals surface area contributed by atoms with Crippen molar-refractivity contribution >= 4 is 14.4 Å². The molecule has 0 aliphatic carbocycles. The first-order valence-electron chi connectivity index (χ1n) is 7.41. The summed E-state index contributed by atoms with van der Waals surface area (Å²) >= 11 is 0. The summed E-state index contributed by atoms with van der Waals surface area (Å²) in [6, 6.07) is 8.34. The van der Waals surface area contributed by atoms with Gasteiger partial charge in [-0.25, -0.2) is 4.79 Å². The van der Waals surface area contributed by atoms with Gasteiger partial charge in [-0.15, -0.1) is 0 Å². The van der Waals surface area contributed by atoms with E-state index < -0.39 is 26.6 Å². The molecule has 1 amide bonds. The van der Waals surface area contributed by atoms with Gasteiger partial charge < -0.3 is 20.0 Å². The Morgan fingerprint density at radius 1 is 1.27 bits per heavy atom. The highest BCUT2D eigenvalue weighted by molar-refractivity contribution is 6.74. The molecule has 0 fully saturated rings. The lowest BCUT2D eigenvalue weighted by Gasteiger charge is -2.37. The van der Waals surface area contributed by atoms with Crippen LogP contribution in [0.15, 0.2) is 30.3 Å². The molecule has 0 aliphatic heterocycles. The Balaban J connectivity index is 2.81. The predicted molar refractivity (Wildman–Crippen MR) is 89.5 cm³/mol. The summed E-state index contributed by atoms with van der Waals surface area (Å²) in [5, 5.41) is 21.8. The molecule has 0 saturated heterocycles. The van der Waals surface area contributed by atoms with Crippen LogP contribution < -0.4 is 5.32 Å². The molecule has 3 N–H and O–H groups in total. The van der Waals surface area contributed by atoms with Crippen molar-refractivity contribution in [3.8, 4) is 0 Å². The molecule has 2 atom stereocenters. The van der Waals surface area contributed by atoms with E-state index in [0.717, 1.165) is 5.56 Å². The monoisotopic (exact) mass is 325 g/mol. The molecule has 1 aromatic rings. The van der Waals surface area contributed by atoms with E-state index in [1.165, 1.54) is 0 Å². The lowest BCUT2D eigenvalue weighted by atomic mass is 10.0. The van der Waals surface area contributed by atoms with E-state index >= 15 is 0 Å². The van der Waals surface area contributed by atoms with Crippen LogP contribution in [-0.4, -0.2) is 37.3 Å². The van der Waals surface area contributed by atoms with Crippen molar-refractivity contribution in [2.75, 3.05) is 6.61 Å². The molecule has 0 aliphatic rings. The normalized spacial score (nSPS) is 15.2. The Hall–Kier alpha value is -1.37. The number of carboxylic acid groups (broad SMARTS) is 1. The first-order chi connectivity index (χ1) is 10.0. The molecule has 0 saturated carbocycles. The van der Waals surface area contributed by atoms with Crippen LogP contribution in [0.3, 0.4) is 0 Å². The van der Waals surface area contributed by atoms with Gasteiger partial charge in [0, 0.05) is 0 Å². The van der Waals surface area contributed by atoms with Crippen molar-refractivity contribution in [3.05, 3.63) is 35.9 Å². The zero-order valence-corrected chi connectivity index (χ0v) is 15.0. The van der Waals surface area contributed by atoms with Gasteiger partial charge in [0.1, 0.15) is 6.10 Å². The topological polar surface area (TPSA) is 78.8 Å². The zero-order valence-electron chi connectivity index (χ0n) is 14.0. The van der Waals surface area contributed by atoms with Crippen molar-refractivity contribution in [1.82, 2.24) is 5.32 Å². The number of rotatable bonds is 6. The molecule has 0 heterocycles. The lowest BCUT2D eigenvalue weighted by Crippen LogP contribution is -2.45. The van der Waals surface area contributed by atoms with E-state index in [1.807, 2.05) is 18.2 Å². The number of hydrogen-bond acceptors (Lipinski definition) is 3. The van der Waals surface area contributed by atoms with E-state index in [-0.39, 0.29) is 11.6 Å². The van der Waals surface area contributed by atoms with Gasteiger partial charge in [-0.05, 0) is 23.7 Å². The number of carbonyl (C=O) groups is 1. The van der Waals surface area contributed by atoms with Crippen molar-refractivity contribution in [1.29, 1.82) is 0 Å². The van der Waals surface area contributed by atoms with Crippen LogP contribution in [0.5, 0.6) is 0 Å². The molecule has 0 radical (unpaired) electrons. The molecule has 1 rings (SSSR count). The Bertz CT molecular complexity index is 485. The van der Waals surface area contributed by atoms with Crippen LogP contribution in [0, 0.1) is 0 Å². The highest BCUT2D eigenvalue weighted by Crippen LogP contribution is 2.36. The van der Waals surface area contributed by atoms with Crippen LogP contribution >= 0.6 is 0 Å². The molecular formula is C16H27NO4Si. The summed E-state index contributed by atoms with van der Waals surface area (Å²) in [6.45, 7) is 10.7. The molecule has 1 aromatic carbocycles. The van der Waals surface area contributed by atoms with E-state index in [2.05, 4.69) is 39.2 Å². The maximum atomic E-state index is 11.0. The first-order valence-corrected chi connectivity index (χ1v) is 10.3. The minimum absolute atomic E-state index is 0.0369. The fourth-order valence-corrected chi connectivity index (χ4v) is 2.82. The van der Waals surface area contributed by atoms with Crippen LogP contribution in [-0.2, 0) is 4.43 Å². The summed E-state index contributed by atoms with van der Waals surface area (Å²) in [5.74, 6) is 0. The molecule has 6 heteroatoms. The fourth-order valence-electron chi connectivity index (χ4n) is 1.80. The fraction of sp³-hybridized carbons (Fsp3) is 0.562. The summed E-state index contributed by atoms with van der Waals surface area (Å²) in [7, 11) is -1.99. The molecule has 124 valence electrons. The van der Waals surface area contributed by atoms with Crippen molar-refractivity contribution in [2.24, 2.45) is 0 Å². The van der Waals surface area contributed by atoms with Gasteiger partial charge in [-0.3, -0.25) is 0 Å². The number of aliphatic hydroxyl groups is 1. The van der Waals surface area contributed by atoms with Crippen LogP contribution in [0.25, 0.3) is 0 Å². The largest absolute Gasteiger partial charge is 0.465 e. The third-order valence-electron chi connectivity index (χ3n) is 4.24. The lowest BCUT2D eigenvalue weighted by molar-refractivity contribution is 0.0661. The van der Waals surface area contributed by atoms with Gasteiger partial charge in [-0.2, -0.15) is 0 Å². The zero-order chi connectivity index (χ0) is 17.0.